The van der Waals surface area contributed by atoms with Crippen molar-refractivity contribution in [3.63, 3.8) is 0 Å². The molecule has 0 unspecified atom stereocenters. The van der Waals surface area contributed by atoms with Crippen molar-refractivity contribution in [2.24, 2.45) is 0 Å². The fourth-order valence-electron chi connectivity index (χ4n) is 0.942. The van der Waals surface area contributed by atoms with Crippen LogP contribution in [0.3, 0.4) is 0 Å². The largest absolute Gasteiger partial charge is 0.492 e. The molecule has 0 spiro atoms. The predicted molar refractivity (Wildman–Crippen MR) is 60.4 cm³/mol. The van der Waals surface area contributed by atoms with Crippen molar-refractivity contribution in [2.75, 3.05) is 12.5 Å². The lowest BCUT2D eigenvalue weighted by atomic mass is 10.2. The van der Waals surface area contributed by atoms with Crippen LogP contribution in [-0.4, -0.2) is 12.5 Å². The Labute approximate surface area is 91.5 Å². The summed E-state index contributed by atoms with van der Waals surface area (Å²) in [6.07, 6.45) is 1.78. The molecule has 13 heavy (non-hydrogen) atoms. The first-order valence-electron chi connectivity index (χ1n) is 3.88. The first-order chi connectivity index (χ1) is 6.26. The summed E-state index contributed by atoms with van der Waals surface area (Å²) < 4.78 is 6.35. The maximum Gasteiger partial charge on any atom is 0.121 e. The standard InChI is InChI=1S/C10H10BrClO/c1-2-8-5-9(11)7-10(6-8)13-4-3-12/h2,5-7H,1,3-4H2. The SMILES string of the molecule is C=Cc1cc(Br)cc(OCCCl)c1. The molecule has 3 heteroatoms. The average Bonchev–Trinajstić information content (AvgIpc) is 2.14. The highest BCUT2D eigenvalue weighted by Crippen LogP contribution is 2.22. The minimum Gasteiger partial charge on any atom is -0.492 e. The van der Waals surface area contributed by atoms with Crippen molar-refractivity contribution >= 4 is 33.6 Å². The Hall–Kier alpha value is -0.470. The quantitative estimate of drug-likeness (QED) is 0.751. The van der Waals surface area contributed by atoms with Crippen LogP contribution in [0.15, 0.2) is 29.3 Å². The van der Waals surface area contributed by atoms with E-state index < -0.39 is 0 Å². The Balaban J connectivity index is 2.81. The van der Waals surface area contributed by atoms with Gasteiger partial charge >= 0.3 is 0 Å². The predicted octanol–water partition coefficient (Wildman–Crippen LogP) is 3.71. The molecule has 0 bridgehead atoms. The van der Waals surface area contributed by atoms with Crippen LogP contribution in [0.1, 0.15) is 5.56 Å². The second-order valence-corrected chi connectivity index (χ2v) is 3.76. The zero-order chi connectivity index (χ0) is 9.68. The first-order valence-corrected chi connectivity index (χ1v) is 5.21. The third-order valence-corrected chi connectivity index (χ3v) is 2.09. The van der Waals surface area contributed by atoms with Crippen molar-refractivity contribution in [3.05, 3.63) is 34.8 Å². The van der Waals surface area contributed by atoms with E-state index in [0.29, 0.717) is 12.5 Å². The molecular weight excluding hydrogens is 251 g/mol. The number of alkyl halides is 1. The molecule has 0 aromatic heterocycles. The van der Waals surface area contributed by atoms with E-state index in [1.165, 1.54) is 0 Å². The van der Waals surface area contributed by atoms with Gasteiger partial charge in [-0.1, -0.05) is 28.6 Å². The minimum absolute atomic E-state index is 0.496. The summed E-state index contributed by atoms with van der Waals surface area (Å²) in [6, 6.07) is 5.80. The number of rotatable bonds is 4. The molecule has 0 atom stereocenters. The van der Waals surface area contributed by atoms with Crippen LogP contribution >= 0.6 is 27.5 Å². The molecule has 0 aliphatic rings. The summed E-state index contributed by atoms with van der Waals surface area (Å²) in [7, 11) is 0. The molecule has 1 aromatic carbocycles. The lowest BCUT2D eigenvalue weighted by molar-refractivity contribution is 0.342. The molecule has 0 N–H and O–H groups in total. The third kappa shape index (κ3) is 3.41. The normalized spacial score (nSPS) is 9.69. The Bertz CT molecular complexity index is 299. The van der Waals surface area contributed by atoms with E-state index in [2.05, 4.69) is 22.5 Å². The summed E-state index contributed by atoms with van der Waals surface area (Å²) >= 11 is 8.89. The highest BCUT2D eigenvalue weighted by Gasteiger charge is 1.97. The van der Waals surface area contributed by atoms with Crippen LogP contribution in [-0.2, 0) is 0 Å². The summed E-state index contributed by atoms with van der Waals surface area (Å²) in [4.78, 5) is 0. The van der Waals surface area contributed by atoms with Gasteiger partial charge in [0.25, 0.3) is 0 Å². The Morgan fingerprint density at radius 2 is 2.23 bits per heavy atom. The number of benzene rings is 1. The number of ether oxygens (including phenoxy) is 1. The molecule has 0 fully saturated rings. The minimum atomic E-state index is 0.496. The lowest BCUT2D eigenvalue weighted by Gasteiger charge is -2.05. The van der Waals surface area contributed by atoms with Crippen LogP contribution in [0, 0.1) is 0 Å². The van der Waals surface area contributed by atoms with Gasteiger partial charge < -0.3 is 4.74 Å². The topological polar surface area (TPSA) is 9.23 Å². The van der Waals surface area contributed by atoms with E-state index in [-0.39, 0.29) is 0 Å². The smallest absolute Gasteiger partial charge is 0.121 e. The zero-order valence-corrected chi connectivity index (χ0v) is 9.44. The molecular formula is C10H10BrClO. The van der Waals surface area contributed by atoms with Crippen molar-refractivity contribution in [1.82, 2.24) is 0 Å². The van der Waals surface area contributed by atoms with Crippen molar-refractivity contribution < 1.29 is 4.74 Å². The second-order valence-electron chi connectivity index (χ2n) is 2.46. The van der Waals surface area contributed by atoms with Gasteiger partial charge in [-0.2, -0.15) is 0 Å². The Morgan fingerprint density at radius 1 is 1.46 bits per heavy atom. The van der Waals surface area contributed by atoms with Crippen LogP contribution in [0.2, 0.25) is 0 Å². The Morgan fingerprint density at radius 3 is 2.85 bits per heavy atom. The molecule has 0 saturated heterocycles. The van der Waals surface area contributed by atoms with Gasteiger partial charge in [-0.3, -0.25) is 0 Å². The van der Waals surface area contributed by atoms with Crippen LogP contribution in [0.4, 0.5) is 0 Å². The van der Waals surface area contributed by atoms with E-state index >= 15 is 0 Å². The van der Waals surface area contributed by atoms with E-state index in [1.54, 1.807) is 6.08 Å². The van der Waals surface area contributed by atoms with Crippen LogP contribution in [0.5, 0.6) is 5.75 Å². The molecule has 1 aromatic rings. The van der Waals surface area contributed by atoms with Crippen molar-refractivity contribution in [3.8, 4) is 5.75 Å². The fraction of sp³-hybridized carbons (Fsp3) is 0.200. The van der Waals surface area contributed by atoms with Gasteiger partial charge in [0.2, 0.25) is 0 Å². The van der Waals surface area contributed by atoms with Crippen LogP contribution < -0.4 is 4.74 Å². The molecule has 0 saturated carbocycles. The average molecular weight is 262 g/mol. The molecule has 0 amide bonds. The number of hydrogen-bond acceptors (Lipinski definition) is 1. The molecule has 0 heterocycles. The van der Waals surface area contributed by atoms with Gasteiger partial charge in [0, 0.05) is 4.47 Å². The highest BCUT2D eigenvalue weighted by atomic mass is 79.9. The maximum absolute atomic E-state index is 5.51. The van der Waals surface area contributed by atoms with Gasteiger partial charge in [-0.15, -0.1) is 11.6 Å². The molecule has 70 valence electrons. The molecule has 0 aliphatic heterocycles. The first kappa shape index (κ1) is 10.6. The Kier molecular flexibility index (Phi) is 4.33. The van der Waals surface area contributed by atoms with Crippen molar-refractivity contribution in [1.29, 1.82) is 0 Å². The van der Waals surface area contributed by atoms with E-state index in [0.717, 1.165) is 15.8 Å². The maximum atomic E-state index is 5.51. The van der Waals surface area contributed by atoms with Gasteiger partial charge in [-0.05, 0) is 23.8 Å². The molecule has 1 nitrogen and oxygen atoms in total. The van der Waals surface area contributed by atoms with Gasteiger partial charge in [0.1, 0.15) is 12.4 Å². The zero-order valence-electron chi connectivity index (χ0n) is 7.09. The number of hydrogen-bond donors (Lipinski definition) is 0. The van der Waals surface area contributed by atoms with E-state index in [1.807, 2.05) is 18.2 Å². The van der Waals surface area contributed by atoms with Crippen LogP contribution in [0.25, 0.3) is 6.08 Å². The third-order valence-electron chi connectivity index (χ3n) is 1.48. The molecule has 0 aliphatic carbocycles. The second kappa shape index (κ2) is 5.30. The van der Waals surface area contributed by atoms with Gasteiger partial charge in [0.15, 0.2) is 0 Å². The van der Waals surface area contributed by atoms with E-state index in [4.69, 9.17) is 16.3 Å². The fourth-order valence-corrected chi connectivity index (χ4v) is 1.51. The summed E-state index contributed by atoms with van der Waals surface area (Å²) in [5.74, 6) is 1.31. The summed E-state index contributed by atoms with van der Waals surface area (Å²) in [6.45, 7) is 4.21. The molecule has 0 radical (unpaired) electrons. The van der Waals surface area contributed by atoms with Gasteiger partial charge in [0.05, 0.1) is 5.88 Å². The monoisotopic (exact) mass is 260 g/mol. The molecule has 1 rings (SSSR count). The van der Waals surface area contributed by atoms with Crippen molar-refractivity contribution in [2.45, 2.75) is 0 Å². The highest BCUT2D eigenvalue weighted by molar-refractivity contribution is 9.10. The van der Waals surface area contributed by atoms with E-state index in [9.17, 15) is 0 Å². The summed E-state index contributed by atoms with van der Waals surface area (Å²) in [5, 5.41) is 0. The number of halogens is 2. The lowest BCUT2D eigenvalue weighted by Crippen LogP contribution is -1.97. The van der Waals surface area contributed by atoms with Gasteiger partial charge in [-0.25, -0.2) is 0 Å². The summed E-state index contributed by atoms with van der Waals surface area (Å²) in [5.41, 5.74) is 1.03.